The van der Waals surface area contributed by atoms with Gasteiger partial charge in [-0.2, -0.15) is 5.10 Å². The molecule has 0 aromatic carbocycles. The zero-order valence-corrected chi connectivity index (χ0v) is 10.3. The molecule has 16 heavy (non-hydrogen) atoms. The Balaban J connectivity index is 2.32. The summed E-state index contributed by atoms with van der Waals surface area (Å²) < 4.78 is 2.05. The summed E-state index contributed by atoms with van der Waals surface area (Å²) in [6, 6.07) is 2.50. The number of aliphatic hydroxyl groups excluding tert-OH is 1. The van der Waals surface area contributed by atoms with Gasteiger partial charge in [0.25, 0.3) is 0 Å². The molecule has 0 radical (unpaired) electrons. The van der Waals surface area contributed by atoms with Gasteiger partial charge in [-0.15, -0.1) is 0 Å². The van der Waals surface area contributed by atoms with Crippen molar-refractivity contribution in [2.75, 3.05) is 6.61 Å². The van der Waals surface area contributed by atoms with E-state index in [0.717, 1.165) is 32.4 Å². The summed E-state index contributed by atoms with van der Waals surface area (Å²) in [6.45, 7) is 6.42. The Hall–Kier alpha value is -0.870. The smallest absolute Gasteiger partial charge is 0.0522 e. The third-order valence-electron chi connectivity index (χ3n) is 2.67. The molecule has 4 heteroatoms. The molecule has 0 amide bonds. The quantitative estimate of drug-likeness (QED) is 0.705. The summed E-state index contributed by atoms with van der Waals surface area (Å²) in [7, 11) is 0. The van der Waals surface area contributed by atoms with Crippen LogP contribution >= 0.6 is 0 Å². The highest BCUT2D eigenvalue weighted by atomic mass is 16.2. The van der Waals surface area contributed by atoms with E-state index in [0.29, 0.717) is 6.04 Å². The Morgan fingerprint density at radius 3 is 3.06 bits per heavy atom. The molecule has 1 unspecified atom stereocenters. The Morgan fingerprint density at radius 2 is 2.38 bits per heavy atom. The van der Waals surface area contributed by atoms with Crippen LogP contribution in [0.5, 0.6) is 0 Å². The fourth-order valence-corrected chi connectivity index (χ4v) is 1.70. The van der Waals surface area contributed by atoms with Crippen LogP contribution in [0.15, 0.2) is 12.3 Å². The van der Waals surface area contributed by atoms with Gasteiger partial charge in [-0.3, -0.25) is 4.68 Å². The SMILES string of the molecule is CCCn1nccc1CNC(C)CCCO. The molecule has 1 aromatic heterocycles. The van der Waals surface area contributed by atoms with Crippen molar-refractivity contribution >= 4 is 0 Å². The minimum absolute atomic E-state index is 0.278. The van der Waals surface area contributed by atoms with Crippen molar-refractivity contribution in [3.63, 3.8) is 0 Å². The Bertz CT molecular complexity index is 286. The molecule has 0 aliphatic heterocycles. The van der Waals surface area contributed by atoms with Crippen LogP contribution in [0.3, 0.4) is 0 Å². The van der Waals surface area contributed by atoms with Gasteiger partial charge >= 0.3 is 0 Å². The van der Waals surface area contributed by atoms with Crippen molar-refractivity contribution in [2.24, 2.45) is 0 Å². The van der Waals surface area contributed by atoms with Gasteiger partial charge in [-0.25, -0.2) is 0 Å². The van der Waals surface area contributed by atoms with E-state index in [-0.39, 0.29) is 6.61 Å². The monoisotopic (exact) mass is 225 g/mol. The number of nitrogens with one attached hydrogen (secondary N) is 1. The molecule has 0 saturated heterocycles. The summed E-state index contributed by atoms with van der Waals surface area (Å²) in [6.07, 6.45) is 4.83. The highest BCUT2D eigenvalue weighted by Gasteiger charge is 2.04. The van der Waals surface area contributed by atoms with Crippen molar-refractivity contribution in [2.45, 2.75) is 52.2 Å². The predicted molar refractivity (Wildman–Crippen MR) is 65.1 cm³/mol. The third kappa shape index (κ3) is 4.33. The first-order valence-electron chi connectivity index (χ1n) is 6.12. The summed E-state index contributed by atoms with van der Waals surface area (Å²) in [5.41, 5.74) is 1.23. The van der Waals surface area contributed by atoms with E-state index in [1.54, 1.807) is 0 Å². The summed E-state index contributed by atoms with van der Waals surface area (Å²) in [5, 5.41) is 16.5. The molecule has 92 valence electrons. The van der Waals surface area contributed by atoms with E-state index >= 15 is 0 Å². The predicted octanol–water partition coefficient (Wildman–Crippen LogP) is 1.54. The van der Waals surface area contributed by atoms with Crippen molar-refractivity contribution in [1.29, 1.82) is 0 Å². The second kappa shape index (κ2) is 7.41. The normalized spacial score (nSPS) is 12.9. The zero-order chi connectivity index (χ0) is 11.8. The number of aliphatic hydroxyl groups is 1. The van der Waals surface area contributed by atoms with Crippen LogP contribution in [0.2, 0.25) is 0 Å². The molecule has 1 rings (SSSR count). The number of nitrogens with zero attached hydrogens (tertiary/aromatic N) is 2. The Morgan fingerprint density at radius 1 is 1.56 bits per heavy atom. The lowest BCUT2D eigenvalue weighted by atomic mass is 10.2. The number of aryl methyl sites for hydroxylation is 1. The maximum atomic E-state index is 8.74. The fraction of sp³-hybridized carbons (Fsp3) is 0.750. The van der Waals surface area contributed by atoms with E-state index < -0.39 is 0 Å². The minimum atomic E-state index is 0.278. The van der Waals surface area contributed by atoms with Crippen LogP contribution in [-0.4, -0.2) is 27.5 Å². The van der Waals surface area contributed by atoms with Crippen LogP contribution in [-0.2, 0) is 13.1 Å². The first-order chi connectivity index (χ1) is 7.77. The van der Waals surface area contributed by atoms with Crippen molar-refractivity contribution in [1.82, 2.24) is 15.1 Å². The second-order valence-corrected chi connectivity index (χ2v) is 4.19. The number of aromatic nitrogens is 2. The van der Waals surface area contributed by atoms with Crippen LogP contribution in [0.25, 0.3) is 0 Å². The molecule has 2 N–H and O–H groups in total. The maximum Gasteiger partial charge on any atom is 0.0522 e. The topological polar surface area (TPSA) is 50.1 Å². The minimum Gasteiger partial charge on any atom is -0.396 e. The zero-order valence-electron chi connectivity index (χ0n) is 10.3. The van der Waals surface area contributed by atoms with E-state index in [1.165, 1.54) is 5.69 Å². The number of hydrogen-bond acceptors (Lipinski definition) is 3. The van der Waals surface area contributed by atoms with Crippen molar-refractivity contribution in [3.8, 4) is 0 Å². The molecule has 1 heterocycles. The molecule has 1 aromatic rings. The molecule has 0 fully saturated rings. The average molecular weight is 225 g/mol. The number of hydrogen-bond donors (Lipinski definition) is 2. The van der Waals surface area contributed by atoms with E-state index in [2.05, 4.69) is 30.3 Å². The average Bonchev–Trinajstić information content (AvgIpc) is 2.72. The largest absolute Gasteiger partial charge is 0.396 e. The Labute approximate surface area is 97.7 Å². The summed E-state index contributed by atoms with van der Waals surface area (Å²) in [5.74, 6) is 0. The van der Waals surface area contributed by atoms with Gasteiger partial charge < -0.3 is 10.4 Å². The van der Waals surface area contributed by atoms with Gasteiger partial charge in [0.2, 0.25) is 0 Å². The lowest BCUT2D eigenvalue weighted by Crippen LogP contribution is -2.27. The molecule has 1 atom stereocenters. The lowest BCUT2D eigenvalue weighted by Gasteiger charge is -2.13. The fourth-order valence-electron chi connectivity index (χ4n) is 1.70. The van der Waals surface area contributed by atoms with Gasteiger partial charge in [0.1, 0.15) is 0 Å². The molecular weight excluding hydrogens is 202 g/mol. The van der Waals surface area contributed by atoms with Crippen LogP contribution in [0.1, 0.15) is 38.8 Å². The van der Waals surface area contributed by atoms with Crippen LogP contribution in [0.4, 0.5) is 0 Å². The Kier molecular flexibility index (Phi) is 6.11. The summed E-state index contributed by atoms with van der Waals surface area (Å²) in [4.78, 5) is 0. The molecule has 0 aliphatic rings. The van der Waals surface area contributed by atoms with Gasteiger partial charge in [-0.1, -0.05) is 6.92 Å². The first kappa shape index (κ1) is 13.2. The maximum absolute atomic E-state index is 8.74. The van der Waals surface area contributed by atoms with Gasteiger partial charge in [-0.05, 0) is 32.3 Å². The number of rotatable bonds is 8. The first-order valence-corrected chi connectivity index (χ1v) is 6.12. The lowest BCUT2D eigenvalue weighted by molar-refractivity contribution is 0.276. The molecule has 4 nitrogen and oxygen atoms in total. The molecular formula is C12H23N3O. The molecule has 0 bridgehead atoms. The standard InChI is InChI=1S/C12H23N3O/c1-3-8-15-12(6-7-14-15)10-13-11(2)5-4-9-16/h6-7,11,13,16H,3-5,8-10H2,1-2H3. The van der Waals surface area contributed by atoms with Crippen molar-refractivity contribution in [3.05, 3.63) is 18.0 Å². The molecule has 0 aliphatic carbocycles. The second-order valence-electron chi connectivity index (χ2n) is 4.19. The third-order valence-corrected chi connectivity index (χ3v) is 2.67. The molecule has 0 saturated carbocycles. The van der Waals surface area contributed by atoms with E-state index in [9.17, 15) is 0 Å². The van der Waals surface area contributed by atoms with E-state index in [1.807, 2.05) is 10.9 Å². The van der Waals surface area contributed by atoms with Crippen molar-refractivity contribution < 1.29 is 5.11 Å². The van der Waals surface area contributed by atoms with E-state index in [4.69, 9.17) is 5.11 Å². The highest BCUT2D eigenvalue weighted by Crippen LogP contribution is 2.02. The highest BCUT2D eigenvalue weighted by molar-refractivity contribution is 5.00. The van der Waals surface area contributed by atoms with Gasteiger partial charge in [0, 0.05) is 31.9 Å². The summed E-state index contributed by atoms with van der Waals surface area (Å²) >= 11 is 0. The van der Waals surface area contributed by atoms with Gasteiger partial charge in [0.05, 0.1) is 5.69 Å². The molecule has 0 spiro atoms. The van der Waals surface area contributed by atoms with Crippen LogP contribution in [0, 0.1) is 0 Å². The van der Waals surface area contributed by atoms with Gasteiger partial charge in [0.15, 0.2) is 0 Å². The van der Waals surface area contributed by atoms with Crippen LogP contribution < -0.4 is 5.32 Å².